The van der Waals surface area contributed by atoms with Crippen LogP contribution in [0.15, 0.2) is 36.4 Å². The Morgan fingerprint density at radius 3 is 2.15 bits per heavy atom. The molecule has 0 aliphatic rings. The Balaban J connectivity index is 2.22. The van der Waals surface area contributed by atoms with Gasteiger partial charge in [0.25, 0.3) is 0 Å². The average Bonchev–Trinajstić information content (AvgIpc) is 2.58. The highest BCUT2D eigenvalue weighted by molar-refractivity contribution is 6.40. The first kappa shape index (κ1) is 20.1. The van der Waals surface area contributed by atoms with Gasteiger partial charge in [-0.25, -0.2) is 0 Å². The van der Waals surface area contributed by atoms with Crippen molar-refractivity contribution in [3.8, 4) is 5.75 Å². The summed E-state index contributed by atoms with van der Waals surface area (Å²) in [5.41, 5.74) is 0.340. The fraction of sp³-hybridized carbons (Fsp3) is 0.263. The van der Waals surface area contributed by atoms with Gasteiger partial charge in [0.05, 0.1) is 28.5 Å². The van der Waals surface area contributed by atoms with E-state index in [1.54, 1.807) is 30.3 Å². The number of para-hydroxylation sites is 1. The first-order valence-electron chi connectivity index (χ1n) is 7.88. The van der Waals surface area contributed by atoms with Gasteiger partial charge in [0.2, 0.25) is 11.8 Å². The van der Waals surface area contributed by atoms with Crippen molar-refractivity contribution in [3.63, 3.8) is 0 Å². The maximum absolute atomic E-state index is 12.7. The Kier molecular flexibility index (Phi) is 6.16. The third-order valence-electron chi connectivity index (χ3n) is 3.94. The second kappa shape index (κ2) is 7.98. The number of nitrogens with one attached hydrogen (secondary N) is 2. The van der Waals surface area contributed by atoms with Crippen LogP contribution in [0.1, 0.15) is 19.4 Å². The van der Waals surface area contributed by atoms with E-state index in [1.807, 2.05) is 13.0 Å². The molecule has 0 radical (unpaired) electrons. The zero-order valence-corrected chi connectivity index (χ0v) is 16.5. The molecule has 2 N–H and O–H groups in total. The van der Waals surface area contributed by atoms with Crippen LogP contribution >= 0.6 is 23.2 Å². The molecule has 0 saturated carbocycles. The van der Waals surface area contributed by atoms with Gasteiger partial charge in [-0.1, -0.05) is 35.3 Å². The number of carbonyl (C=O) groups is 2. The van der Waals surface area contributed by atoms with E-state index in [-0.39, 0.29) is 5.69 Å². The van der Waals surface area contributed by atoms with E-state index >= 15 is 0 Å². The molecular formula is C19H20Cl2N2O3. The van der Waals surface area contributed by atoms with Gasteiger partial charge >= 0.3 is 0 Å². The van der Waals surface area contributed by atoms with Crippen molar-refractivity contribution >= 4 is 46.4 Å². The molecule has 0 fully saturated rings. The standard InChI is InChI=1S/C19H20Cl2N2O3/c1-11-8-9-15(26-4)14(10-11)22-17(24)19(2,3)18(25)23-16-12(20)6-5-7-13(16)21/h5-10H,1-4H3,(H,22,24)(H,23,25). The summed E-state index contributed by atoms with van der Waals surface area (Å²) in [5.74, 6) is -0.506. The number of benzene rings is 2. The molecule has 0 atom stereocenters. The first-order chi connectivity index (χ1) is 12.2. The minimum Gasteiger partial charge on any atom is -0.495 e. The normalized spacial score (nSPS) is 11.0. The molecule has 138 valence electrons. The van der Waals surface area contributed by atoms with Gasteiger partial charge in [-0.3, -0.25) is 9.59 Å². The summed E-state index contributed by atoms with van der Waals surface area (Å²) in [6.45, 7) is 4.93. The molecule has 0 aliphatic heterocycles. The largest absolute Gasteiger partial charge is 0.495 e. The van der Waals surface area contributed by atoms with E-state index in [9.17, 15) is 9.59 Å². The summed E-state index contributed by atoms with van der Waals surface area (Å²) in [6.07, 6.45) is 0. The quantitative estimate of drug-likeness (QED) is 0.707. The van der Waals surface area contributed by atoms with Crippen LogP contribution in [0.3, 0.4) is 0 Å². The van der Waals surface area contributed by atoms with Crippen LogP contribution in [0.25, 0.3) is 0 Å². The lowest BCUT2D eigenvalue weighted by atomic mass is 9.90. The molecule has 26 heavy (non-hydrogen) atoms. The Bertz CT molecular complexity index is 830. The van der Waals surface area contributed by atoms with Crippen molar-refractivity contribution in [1.29, 1.82) is 0 Å². The highest BCUT2D eigenvalue weighted by Crippen LogP contribution is 2.32. The van der Waals surface area contributed by atoms with Crippen LogP contribution in [0.5, 0.6) is 5.75 Å². The summed E-state index contributed by atoms with van der Waals surface area (Å²) >= 11 is 12.1. The number of hydrogen-bond acceptors (Lipinski definition) is 3. The van der Waals surface area contributed by atoms with Crippen molar-refractivity contribution in [2.24, 2.45) is 5.41 Å². The molecule has 7 heteroatoms. The summed E-state index contributed by atoms with van der Waals surface area (Å²) in [5, 5.41) is 5.97. The molecular weight excluding hydrogens is 375 g/mol. The van der Waals surface area contributed by atoms with Crippen LogP contribution < -0.4 is 15.4 Å². The second-order valence-electron chi connectivity index (χ2n) is 6.33. The summed E-state index contributed by atoms with van der Waals surface area (Å²) in [4.78, 5) is 25.4. The number of anilines is 2. The molecule has 2 aromatic rings. The van der Waals surface area contributed by atoms with E-state index < -0.39 is 17.2 Å². The van der Waals surface area contributed by atoms with Gasteiger partial charge in [0.1, 0.15) is 11.2 Å². The van der Waals surface area contributed by atoms with Crippen molar-refractivity contribution in [3.05, 3.63) is 52.0 Å². The molecule has 0 aliphatic carbocycles. The fourth-order valence-electron chi connectivity index (χ4n) is 2.19. The average molecular weight is 395 g/mol. The van der Waals surface area contributed by atoms with Crippen LogP contribution in [0.2, 0.25) is 10.0 Å². The Labute approximate surface area is 162 Å². The monoisotopic (exact) mass is 394 g/mol. The first-order valence-corrected chi connectivity index (χ1v) is 8.64. The molecule has 2 rings (SSSR count). The predicted molar refractivity (Wildman–Crippen MR) is 105 cm³/mol. The molecule has 0 aromatic heterocycles. The van der Waals surface area contributed by atoms with Crippen molar-refractivity contribution < 1.29 is 14.3 Å². The van der Waals surface area contributed by atoms with Crippen LogP contribution in [-0.2, 0) is 9.59 Å². The maximum Gasteiger partial charge on any atom is 0.239 e. The van der Waals surface area contributed by atoms with Crippen LogP contribution in [0.4, 0.5) is 11.4 Å². The van der Waals surface area contributed by atoms with Crippen molar-refractivity contribution in [2.75, 3.05) is 17.7 Å². The lowest BCUT2D eigenvalue weighted by Crippen LogP contribution is -2.41. The SMILES string of the molecule is COc1ccc(C)cc1NC(=O)C(C)(C)C(=O)Nc1c(Cl)cccc1Cl. The lowest BCUT2D eigenvalue weighted by Gasteiger charge is -2.24. The number of methoxy groups -OCH3 is 1. The topological polar surface area (TPSA) is 67.4 Å². The number of amides is 2. The second-order valence-corrected chi connectivity index (χ2v) is 7.15. The minimum absolute atomic E-state index is 0.273. The van der Waals surface area contributed by atoms with Crippen LogP contribution in [0, 0.1) is 12.3 Å². The smallest absolute Gasteiger partial charge is 0.239 e. The third-order valence-corrected chi connectivity index (χ3v) is 4.57. The lowest BCUT2D eigenvalue weighted by molar-refractivity contribution is -0.135. The zero-order valence-electron chi connectivity index (χ0n) is 14.9. The molecule has 5 nitrogen and oxygen atoms in total. The van der Waals surface area contributed by atoms with Crippen molar-refractivity contribution in [1.82, 2.24) is 0 Å². The summed E-state index contributed by atoms with van der Waals surface area (Å²) in [6, 6.07) is 10.3. The molecule has 0 spiro atoms. The van der Waals surface area contributed by atoms with E-state index in [4.69, 9.17) is 27.9 Å². The maximum atomic E-state index is 12.7. The predicted octanol–water partition coefficient (Wildman–Crippen LogP) is 4.91. The number of hydrogen-bond donors (Lipinski definition) is 2. The van der Waals surface area contributed by atoms with Crippen molar-refractivity contribution in [2.45, 2.75) is 20.8 Å². The summed E-state index contributed by atoms with van der Waals surface area (Å²) < 4.78 is 5.25. The van der Waals surface area contributed by atoms with Gasteiger partial charge in [0, 0.05) is 0 Å². The van der Waals surface area contributed by atoms with Crippen LogP contribution in [-0.4, -0.2) is 18.9 Å². The Hall–Kier alpha value is -2.24. The number of aryl methyl sites for hydroxylation is 1. The van der Waals surface area contributed by atoms with E-state index in [2.05, 4.69) is 10.6 Å². The number of halogens is 2. The van der Waals surface area contributed by atoms with E-state index in [1.165, 1.54) is 21.0 Å². The van der Waals surface area contributed by atoms with Gasteiger partial charge in [-0.2, -0.15) is 0 Å². The molecule has 0 unspecified atom stereocenters. The fourth-order valence-corrected chi connectivity index (χ4v) is 2.68. The number of carbonyl (C=O) groups excluding carboxylic acids is 2. The third kappa shape index (κ3) is 4.29. The van der Waals surface area contributed by atoms with Gasteiger partial charge < -0.3 is 15.4 Å². The highest BCUT2D eigenvalue weighted by Gasteiger charge is 2.37. The minimum atomic E-state index is -1.38. The Morgan fingerprint density at radius 1 is 1.00 bits per heavy atom. The molecule has 2 amide bonds. The Morgan fingerprint density at radius 2 is 1.58 bits per heavy atom. The van der Waals surface area contributed by atoms with E-state index in [0.29, 0.717) is 21.5 Å². The van der Waals surface area contributed by atoms with Gasteiger partial charge in [-0.15, -0.1) is 0 Å². The number of ether oxygens (including phenoxy) is 1. The summed E-state index contributed by atoms with van der Waals surface area (Å²) in [7, 11) is 1.51. The highest BCUT2D eigenvalue weighted by atomic mass is 35.5. The van der Waals surface area contributed by atoms with Gasteiger partial charge in [0.15, 0.2) is 0 Å². The zero-order chi connectivity index (χ0) is 19.5. The molecule has 0 heterocycles. The molecule has 2 aromatic carbocycles. The molecule has 0 bridgehead atoms. The molecule has 0 saturated heterocycles. The van der Waals surface area contributed by atoms with Gasteiger partial charge in [-0.05, 0) is 50.6 Å². The number of rotatable bonds is 5. The van der Waals surface area contributed by atoms with E-state index in [0.717, 1.165) is 5.56 Å².